The summed E-state index contributed by atoms with van der Waals surface area (Å²) in [7, 11) is -0.275. The lowest BCUT2D eigenvalue weighted by Crippen LogP contribution is -2.14. The molecule has 0 aliphatic heterocycles. The van der Waals surface area contributed by atoms with Crippen LogP contribution in [0.3, 0.4) is 0 Å². The molecule has 0 saturated heterocycles. The molecule has 0 aromatic heterocycles. The van der Waals surface area contributed by atoms with Gasteiger partial charge in [0.2, 0.25) is 0 Å². The third kappa shape index (κ3) is 4.27. The number of aryl methyl sites for hydroxylation is 1. The predicted octanol–water partition coefficient (Wildman–Crippen LogP) is 4.52. The third-order valence-electron chi connectivity index (χ3n) is 3.60. The van der Waals surface area contributed by atoms with Crippen molar-refractivity contribution in [1.29, 1.82) is 0 Å². The molecule has 0 atom stereocenters. The molecule has 3 rings (SSSR count). The lowest BCUT2D eigenvalue weighted by Gasteiger charge is -2.18. The fourth-order valence-corrected chi connectivity index (χ4v) is 4.87. The average molecular weight is 307 g/mol. The summed E-state index contributed by atoms with van der Waals surface area (Å²) >= 11 is 0. The van der Waals surface area contributed by atoms with E-state index in [0.29, 0.717) is 0 Å². The van der Waals surface area contributed by atoms with Gasteiger partial charge in [-0.25, -0.2) is 0 Å². The lowest BCUT2D eigenvalue weighted by atomic mass is 10.2. The molecule has 3 aromatic rings. The van der Waals surface area contributed by atoms with Crippen LogP contribution in [0.2, 0.25) is 0 Å². The monoisotopic (exact) mass is 307 g/mol. The highest BCUT2D eigenvalue weighted by Crippen LogP contribution is 2.34. The SMILES string of the molecule is N.c1ccc(CCP(c2ccccc2)c2ccccc2)cc1. The molecule has 3 N–H and O–H groups in total. The van der Waals surface area contributed by atoms with Gasteiger partial charge in [-0.2, -0.15) is 0 Å². The quantitative estimate of drug-likeness (QED) is 0.691. The minimum atomic E-state index is -0.275. The number of hydrogen-bond donors (Lipinski definition) is 1. The second-order valence-corrected chi connectivity index (χ2v) is 7.39. The molecule has 0 radical (unpaired) electrons. The van der Waals surface area contributed by atoms with E-state index >= 15 is 0 Å². The Balaban J connectivity index is 0.00000176. The predicted molar refractivity (Wildman–Crippen MR) is 99.1 cm³/mol. The third-order valence-corrected chi connectivity index (χ3v) is 6.12. The molecule has 0 heterocycles. The van der Waals surface area contributed by atoms with Crippen molar-refractivity contribution < 1.29 is 0 Å². The molecular weight excluding hydrogens is 285 g/mol. The van der Waals surface area contributed by atoms with E-state index in [1.807, 2.05) is 0 Å². The molecule has 0 bridgehead atoms. The van der Waals surface area contributed by atoms with E-state index in [-0.39, 0.29) is 14.1 Å². The minimum absolute atomic E-state index is 0. The van der Waals surface area contributed by atoms with Crippen LogP contribution in [0.1, 0.15) is 5.56 Å². The van der Waals surface area contributed by atoms with E-state index in [1.54, 1.807) is 0 Å². The normalized spacial score (nSPS) is 10.2. The van der Waals surface area contributed by atoms with Gasteiger partial charge >= 0.3 is 0 Å². The van der Waals surface area contributed by atoms with Crippen molar-refractivity contribution in [3.8, 4) is 0 Å². The van der Waals surface area contributed by atoms with Crippen molar-refractivity contribution >= 4 is 18.5 Å². The molecule has 0 unspecified atom stereocenters. The summed E-state index contributed by atoms with van der Waals surface area (Å²) in [5.41, 5.74) is 1.43. The fraction of sp³-hybridized carbons (Fsp3) is 0.100. The first-order chi connectivity index (χ1) is 10.4. The molecule has 0 aliphatic carbocycles. The Labute approximate surface area is 134 Å². The van der Waals surface area contributed by atoms with Gasteiger partial charge in [0.15, 0.2) is 0 Å². The summed E-state index contributed by atoms with van der Waals surface area (Å²) in [4.78, 5) is 0. The molecule has 3 aromatic carbocycles. The topological polar surface area (TPSA) is 35.0 Å². The first-order valence-corrected chi connectivity index (χ1v) is 8.88. The molecule has 0 saturated carbocycles. The lowest BCUT2D eigenvalue weighted by molar-refractivity contribution is 1.15. The Hall–Kier alpha value is -1.95. The van der Waals surface area contributed by atoms with Crippen LogP contribution in [-0.4, -0.2) is 6.16 Å². The van der Waals surface area contributed by atoms with E-state index in [2.05, 4.69) is 91.0 Å². The molecule has 0 amide bonds. The molecule has 2 heteroatoms. The van der Waals surface area contributed by atoms with Gasteiger partial charge in [-0.05, 0) is 36.7 Å². The van der Waals surface area contributed by atoms with Crippen molar-refractivity contribution in [1.82, 2.24) is 6.15 Å². The first kappa shape index (κ1) is 16.4. The number of hydrogen-bond acceptors (Lipinski definition) is 1. The largest absolute Gasteiger partial charge is 0.344 e. The maximum Gasteiger partial charge on any atom is -0.0195 e. The minimum Gasteiger partial charge on any atom is -0.344 e. The molecule has 22 heavy (non-hydrogen) atoms. The van der Waals surface area contributed by atoms with Gasteiger partial charge < -0.3 is 6.15 Å². The summed E-state index contributed by atoms with van der Waals surface area (Å²) < 4.78 is 0. The van der Waals surface area contributed by atoms with Gasteiger partial charge in [0.1, 0.15) is 0 Å². The molecule has 112 valence electrons. The maximum atomic E-state index is 2.27. The summed E-state index contributed by atoms with van der Waals surface area (Å²) in [6, 6.07) is 32.6. The summed E-state index contributed by atoms with van der Waals surface area (Å²) in [5, 5.41) is 2.93. The number of rotatable bonds is 5. The summed E-state index contributed by atoms with van der Waals surface area (Å²) in [6.45, 7) is 0. The zero-order valence-corrected chi connectivity index (χ0v) is 13.6. The van der Waals surface area contributed by atoms with Crippen molar-refractivity contribution in [2.24, 2.45) is 0 Å². The highest BCUT2D eigenvalue weighted by atomic mass is 31.1. The Morgan fingerprint density at radius 2 is 0.955 bits per heavy atom. The van der Waals surface area contributed by atoms with Crippen molar-refractivity contribution in [3.63, 3.8) is 0 Å². The number of benzene rings is 3. The molecule has 1 nitrogen and oxygen atoms in total. The summed E-state index contributed by atoms with van der Waals surface area (Å²) in [5.74, 6) is 0. The van der Waals surface area contributed by atoms with Crippen LogP contribution in [0.25, 0.3) is 0 Å². The van der Waals surface area contributed by atoms with E-state index < -0.39 is 0 Å². The second kappa shape index (κ2) is 8.48. The van der Waals surface area contributed by atoms with Gasteiger partial charge in [-0.3, -0.25) is 0 Å². The smallest absolute Gasteiger partial charge is 0.0195 e. The first-order valence-electron chi connectivity index (χ1n) is 7.35. The van der Waals surface area contributed by atoms with Crippen molar-refractivity contribution in [3.05, 3.63) is 96.6 Å². The van der Waals surface area contributed by atoms with Crippen molar-refractivity contribution in [2.75, 3.05) is 6.16 Å². The second-order valence-electron chi connectivity index (χ2n) is 5.06. The fourth-order valence-electron chi connectivity index (χ4n) is 2.51. The zero-order chi connectivity index (χ0) is 14.3. The van der Waals surface area contributed by atoms with Crippen LogP contribution in [0.4, 0.5) is 0 Å². The molecule has 0 spiro atoms. The van der Waals surface area contributed by atoms with Crippen LogP contribution in [-0.2, 0) is 6.42 Å². The van der Waals surface area contributed by atoms with Crippen LogP contribution in [0.15, 0.2) is 91.0 Å². The van der Waals surface area contributed by atoms with Crippen molar-refractivity contribution in [2.45, 2.75) is 6.42 Å². The Morgan fingerprint density at radius 3 is 1.41 bits per heavy atom. The summed E-state index contributed by atoms with van der Waals surface area (Å²) in [6.07, 6.45) is 2.34. The van der Waals surface area contributed by atoms with Gasteiger partial charge in [0, 0.05) is 0 Å². The highest BCUT2D eigenvalue weighted by molar-refractivity contribution is 7.73. The van der Waals surface area contributed by atoms with E-state index in [4.69, 9.17) is 0 Å². The molecular formula is C20H22NP. The van der Waals surface area contributed by atoms with Gasteiger partial charge in [-0.1, -0.05) is 91.0 Å². The van der Waals surface area contributed by atoms with Gasteiger partial charge in [0.05, 0.1) is 0 Å². The highest BCUT2D eigenvalue weighted by Gasteiger charge is 2.12. The van der Waals surface area contributed by atoms with Crippen LogP contribution >= 0.6 is 7.92 Å². The maximum absolute atomic E-state index is 2.27. The van der Waals surface area contributed by atoms with Crippen LogP contribution in [0, 0.1) is 0 Å². The van der Waals surface area contributed by atoms with E-state index in [1.165, 1.54) is 22.3 Å². The Bertz CT molecular complexity index is 614. The van der Waals surface area contributed by atoms with Crippen LogP contribution < -0.4 is 16.8 Å². The zero-order valence-electron chi connectivity index (χ0n) is 12.7. The van der Waals surface area contributed by atoms with Crippen LogP contribution in [0.5, 0.6) is 0 Å². The van der Waals surface area contributed by atoms with Gasteiger partial charge in [-0.15, -0.1) is 0 Å². The Kier molecular flexibility index (Phi) is 6.33. The standard InChI is InChI=1S/C20H19P.H3N/c1-4-10-18(11-5-1)16-17-21(19-12-6-2-7-13-19)20-14-8-3-9-15-20;/h1-15H,16-17H2;1H3. The van der Waals surface area contributed by atoms with E-state index in [0.717, 1.165) is 6.42 Å². The van der Waals surface area contributed by atoms with Gasteiger partial charge in [0.25, 0.3) is 0 Å². The Morgan fingerprint density at radius 1 is 0.545 bits per heavy atom. The molecule has 0 fully saturated rings. The van der Waals surface area contributed by atoms with E-state index in [9.17, 15) is 0 Å². The average Bonchev–Trinajstić information content (AvgIpc) is 2.58. The molecule has 0 aliphatic rings.